The molecule has 0 amide bonds. The minimum absolute atomic E-state index is 0.0711. The number of aliphatic hydroxyl groups excluding tert-OH is 1. The highest BCUT2D eigenvalue weighted by molar-refractivity contribution is 7.89. The molecule has 0 radical (unpaired) electrons. The minimum atomic E-state index is -3.97. The van der Waals surface area contributed by atoms with Crippen molar-refractivity contribution in [1.82, 2.24) is 4.31 Å². The fraction of sp³-hybridized carbons (Fsp3) is 0.231. The van der Waals surface area contributed by atoms with Gasteiger partial charge in [0, 0.05) is 19.2 Å². The molecule has 20 heavy (non-hydrogen) atoms. The van der Waals surface area contributed by atoms with Gasteiger partial charge < -0.3 is 9.52 Å². The lowest BCUT2D eigenvalue weighted by molar-refractivity contribution is 0.281. The van der Waals surface area contributed by atoms with Gasteiger partial charge in [-0.3, -0.25) is 0 Å². The second-order valence-electron chi connectivity index (χ2n) is 4.32. The molecule has 5 nitrogen and oxygen atoms in total. The number of halogens is 1. The highest BCUT2D eigenvalue weighted by Gasteiger charge is 2.25. The Morgan fingerprint density at radius 2 is 2.05 bits per heavy atom. The first kappa shape index (κ1) is 14.7. The van der Waals surface area contributed by atoms with Crippen LogP contribution in [0.4, 0.5) is 4.39 Å². The van der Waals surface area contributed by atoms with E-state index in [4.69, 9.17) is 9.52 Å². The lowest BCUT2D eigenvalue weighted by Gasteiger charge is -2.17. The van der Waals surface area contributed by atoms with E-state index in [1.807, 2.05) is 0 Å². The van der Waals surface area contributed by atoms with Gasteiger partial charge in [0.05, 0.1) is 19.1 Å². The topological polar surface area (TPSA) is 70.8 Å². The van der Waals surface area contributed by atoms with Gasteiger partial charge >= 0.3 is 0 Å². The van der Waals surface area contributed by atoms with E-state index in [0.717, 1.165) is 16.4 Å². The molecule has 108 valence electrons. The van der Waals surface area contributed by atoms with Gasteiger partial charge in [-0.15, -0.1) is 0 Å². The number of rotatable bonds is 5. The molecule has 0 spiro atoms. The van der Waals surface area contributed by atoms with Crippen molar-refractivity contribution >= 4 is 10.0 Å². The van der Waals surface area contributed by atoms with Gasteiger partial charge in [0.25, 0.3) is 0 Å². The summed E-state index contributed by atoms with van der Waals surface area (Å²) in [7, 11) is -2.62. The average Bonchev–Trinajstić information content (AvgIpc) is 2.92. The summed E-state index contributed by atoms with van der Waals surface area (Å²) in [6.45, 7) is -0.282. The molecule has 1 aromatic heterocycles. The van der Waals surface area contributed by atoms with Crippen molar-refractivity contribution in [3.8, 4) is 0 Å². The first-order valence-electron chi connectivity index (χ1n) is 5.82. The van der Waals surface area contributed by atoms with E-state index < -0.39 is 20.7 Å². The number of aliphatic hydroxyl groups is 1. The predicted molar refractivity (Wildman–Crippen MR) is 69.7 cm³/mol. The Morgan fingerprint density at radius 3 is 2.65 bits per heavy atom. The molecule has 0 unspecified atom stereocenters. The van der Waals surface area contributed by atoms with Gasteiger partial charge in [-0.2, -0.15) is 4.31 Å². The Kier molecular flexibility index (Phi) is 4.22. The maximum atomic E-state index is 13.7. The summed E-state index contributed by atoms with van der Waals surface area (Å²) >= 11 is 0. The first-order chi connectivity index (χ1) is 9.45. The summed E-state index contributed by atoms with van der Waals surface area (Å²) in [4.78, 5) is -0.449. The van der Waals surface area contributed by atoms with E-state index in [-0.39, 0.29) is 13.2 Å². The second-order valence-corrected chi connectivity index (χ2v) is 6.33. The third-order valence-corrected chi connectivity index (χ3v) is 4.67. The van der Waals surface area contributed by atoms with Crippen LogP contribution in [0.15, 0.2) is 46.1 Å². The van der Waals surface area contributed by atoms with E-state index in [0.29, 0.717) is 11.1 Å². The second kappa shape index (κ2) is 5.74. The van der Waals surface area contributed by atoms with Gasteiger partial charge in [-0.1, -0.05) is 6.07 Å². The van der Waals surface area contributed by atoms with E-state index >= 15 is 0 Å². The van der Waals surface area contributed by atoms with E-state index in [1.165, 1.54) is 25.6 Å². The molecule has 0 aliphatic rings. The molecule has 0 atom stereocenters. The zero-order valence-electron chi connectivity index (χ0n) is 10.8. The molecule has 0 aliphatic heterocycles. The average molecular weight is 299 g/mol. The maximum Gasteiger partial charge on any atom is 0.246 e. The van der Waals surface area contributed by atoms with E-state index in [9.17, 15) is 12.8 Å². The summed E-state index contributed by atoms with van der Waals surface area (Å²) in [5.74, 6) is -0.846. The molecule has 1 heterocycles. The lowest BCUT2D eigenvalue weighted by Crippen LogP contribution is -2.27. The van der Waals surface area contributed by atoms with Crippen LogP contribution >= 0.6 is 0 Å². The van der Waals surface area contributed by atoms with Crippen LogP contribution in [-0.2, 0) is 23.2 Å². The molecule has 0 bridgehead atoms. The van der Waals surface area contributed by atoms with Crippen LogP contribution in [0.1, 0.15) is 11.1 Å². The van der Waals surface area contributed by atoms with Crippen molar-refractivity contribution in [2.24, 2.45) is 0 Å². The Hall–Kier alpha value is -1.70. The molecule has 2 aromatic rings. The van der Waals surface area contributed by atoms with Gasteiger partial charge in [0.15, 0.2) is 0 Å². The normalized spacial score (nSPS) is 12.0. The Morgan fingerprint density at radius 1 is 1.30 bits per heavy atom. The van der Waals surface area contributed by atoms with Gasteiger partial charge in [-0.25, -0.2) is 12.8 Å². The minimum Gasteiger partial charge on any atom is -0.472 e. The molecule has 1 N–H and O–H groups in total. The largest absolute Gasteiger partial charge is 0.472 e. The highest BCUT2D eigenvalue weighted by Crippen LogP contribution is 2.21. The summed E-state index contributed by atoms with van der Waals surface area (Å²) in [6, 6.07) is 5.14. The third-order valence-electron chi connectivity index (χ3n) is 2.85. The van der Waals surface area contributed by atoms with Crippen molar-refractivity contribution in [3.05, 3.63) is 53.7 Å². The van der Waals surface area contributed by atoms with Crippen molar-refractivity contribution in [2.45, 2.75) is 18.0 Å². The van der Waals surface area contributed by atoms with Crippen LogP contribution in [0.2, 0.25) is 0 Å². The van der Waals surface area contributed by atoms with Crippen molar-refractivity contribution in [1.29, 1.82) is 0 Å². The molecule has 0 saturated heterocycles. The van der Waals surface area contributed by atoms with Gasteiger partial charge in [0.2, 0.25) is 10.0 Å². The van der Waals surface area contributed by atoms with E-state index in [1.54, 1.807) is 6.07 Å². The van der Waals surface area contributed by atoms with Crippen LogP contribution in [0.3, 0.4) is 0 Å². The summed E-state index contributed by atoms with van der Waals surface area (Å²) in [5, 5.41) is 9.02. The molecule has 0 aliphatic carbocycles. The lowest BCUT2D eigenvalue weighted by atomic mass is 10.2. The number of nitrogens with zero attached hydrogens (tertiary/aromatic N) is 1. The fourth-order valence-corrected chi connectivity index (χ4v) is 3.01. The zero-order valence-corrected chi connectivity index (χ0v) is 11.6. The standard InChI is InChI=1S/C13H14FNO4S/c1-15(7-11-4-5-19-9-11)20(17,18)13-6-10(8-16)2-3-12(13)14/h2-6,9,16H,7-8H2,1H3. The summed E-state index contributed by atoms with van der Waals surface area (Å²) in [5.41, 5.74) is 0.997. The number of hydrogen-bond donors (Lipinski definition) is 1. The van der Waals surface area contributed by atoms with Crippen LogP contribution in [0, 0.1) is 5.82 Å². The number of sulfonamides is 1. The Bertz CT molecular complexity index is 682. The molecular weight excluding hydrogens is 285 g/mol. The van der Waals surface area contributed by atoms with Crippen LogP contribution < -0.4 is 0 Å². The molecule has 0 fully saturated rings. The molecular formula is C13H14FNO4S. The Balaban J connectivity index is 2.34. The monoisotopic (exact) mass is 299 g/mol. The van der Waals surface area contributed by atoms with Gasteiger partial charge in [0.1, 0.15) is 10.7 Å². The Labute approximate surface area is 116 Å². The zero-order chi connectivity index (χ0) is 14.8. The molecule has 7 heteroatoms. The first-order valence-corrected chi connectivity index (χ1v) is 7.26. The molecule has 1 aromatic carbocycles. The highest BCUT2D eigenvalue weighted by atomic mass is 32.2. The van der Waals surface area contributed by atoms with Crippen LogP contribution in [0.25, 0.3) is 0 Å². The number of benzene rings is 1. The van der Waals surface area contributed by atoms with Crippen molar-refractivity contribution < 1.29 is 22.3 Å². The predicted octanol–water partition coefficient (Wildman–Crippen LogP) is 1.73. The summed E-state index contributed by atoms with van der Waals surface area (Å²) in [6.07, 6.45) is 2.86. The quantitative estimate of drug-likeness (QED) is 0.913. The SMILES string of the molecule is CN(Cc1ccoc1)S(=O)(=O)c1cc(CO)ccc1F. The van der Waals surface area contributed by atoms with Crippen LogP contribution in [-0.4, -0.2) is 24.9 Å². The van der Waals surface area contributed by atoms with Crippen LogP contribution in [0.5, 0.6) is 0 Å². The maximum absolute atomic E-state index is 13.7. The van der Waals surface area contributed by atoms with Gasteiger partial charge in [-0.05, 0) is 23.8 Å². The van der Waals surface area contributed by atoms with Crippen molar-refractivity contribution in [3.63, 3.8) is 0 Å². The summed E-state index contributed by atoms with van der Waals surface area (Å²) < 4.78 is 44.3. The number of furan rings is 1. The molecule has 2 rings (SSSR count). The fourth-order valence-electron chi connectivity index (χ4n) is 1.74. The third kappa shape index (κ3) is 2.90. The smallest absolute Gasteiger partial charge is 0.246 e. The van der Waals surface area contributed by atoms with E-state index in [2.05, 4.69) is 0 Å². The number of hydrogen-bond acceptors (Lipinski definition) is 4. The van der Waals surface area contributed by atoms with Crippen molar-refractivity contribution in [2.75, 3.05) is 7.05 Å². The molecule has 0 saturated carbocycles.